The number of carbonyl (C=O) groups is 3. The Hall–Kier alpha value is -3.81. The molecule has 0 spiro atoms. The summed E-state index contributed by atoms with van der Waals surface area (Å²) in [6.07, 6.45) is 3.11. The molecular formula is C26H32N2O6. The molecule has 2 amide bonds. The van der Waals surface area contributed by atoms with E-state index in [-0.39, 0.29) is 19.1 Å². The smallest absolute Gasteiger partial charge is 0.407 e. The van der Waals surface area contributed by atoms with Gasteiger partial charge in [0.05, 0.1) is 0 Å². The molecule has 34 heavy (non-hydrogen) atoms. The number of unbranched alkanes of at least 4 members (excludes halogenated alkanes) is 2. The Bertz CT molecular complexity index is 945. The first kappa shape index (κ1) is 26.4. The Kier molecular flexibility index (Phi) is 10.6. The van der Waals surface area contributed by atoms with Gasteiger partial charge in [-0.05, 0) is 28.7 Å². The fraction of sp³-hybridized carbons (Fsp3) is 0.346. The number of alkyl carbamates (subject to hydrolysis) is 1. The van der Waals surface area contributed by atoms with E-state index >= 15 is 0 Å². The van der Waals surface area contributed by atoms with Crippen LogP contribution in [0.15, 0.2) is 61.2 Å². The van der Waals surface area contributed by atoms with Gasteiger partial charge in [-0.15, -0.1) is 0 Å². The molecular weight excluding hydrogens is 436 g/mol. The molecule has 1 atom stereocenters. The van der Waals surface area contributed by atoms with Gasteiger partial charge in [-0.1, -0.05) is 87.4 Å². The van der Waals surface area contributed by atoms with Gasteiger partial charge in [0, 0.05) is 5.92 Å². The number of aliphatic carboxylic acids is 1. The highest BCUT2D eigenvalue weighted by molar-refractivity contribution is 5.81. The SMILES string of the molecule is C=CCOC(N)=O.CCCCC[C@H](NC(=O)OCC1c2ccccc2-c2ccccc21)C(=O)O. The van der Waals surface area contributed by atoms with Crippen LogP contribution in [-0.4, -0.2) is 42.5 Å². The molecule has 8 nitrogen and oxygen atoms in total. The van der Waals surface area contributed by atoms with Crippen molar-refractivity contribution in [3.05, 3.63) is 72.3 Å². The molecule has 1 aliphatic carbocycles. The summed E-state index contributed by atoms with van der Waals surface area (Å²) in [7, 11) is 0. The molecule has 4 N–H and O–H groups in total. The van der Waals surface area contributed by atoms with E-state index in [1.165, 1.54) is 6.08 Å². The first-order valence-corrected chi connectivity index (χ1v) is 11.3. The number of carboxylic acid groups (broad SMARTS) is 1. The number of primary amides is 1. The van der Waals surface area contributed by atoms with Crippen LogP contribution < -0.4 is 11.1 Å². The number of benzene rings is 2. The standard InChI is InChI=1S/C22H25NO4.C4H7NO2/c1-2-3-4-13-20(21(24)25)23-22(26)27-14-19-17-11-7-5-9-15(17)16-10-6-8-12-18(16)19;1-2-3-7-4(5)6/h5-12,19-20H,2-4,13-14H2,1H3,(H,23,26)(H,24,25);2H,1,3H2,(H2,5,6)/t20-;/m0./s1. The van der Waals surface area contributed by atoms with Crippen LogP contribution in [0.3, 0.4) is 0 Å². The summed E-state index contributed by atoms with van der Waals surface area (Å²) < 4.78 is 9.63. The second-order valence-corrected chi connectivity index (χ2v) is 7.78. The van der Waals surface area contributed by atoms with Crippen molar-refractivity contribution >= 4 is 18.2 Å². The van der Waals surface area contributed by atoms with E-state index in [1.54, 1.807) is 0 Å². The Balaban J connectivity index is 0.000000509. The average molecular weight is 469 g/mol. The number of carboxylic acids is 1. The molecule has 0 saturated heterocycles. The van der Waals surface area contributed by atoms with Gasteiger partial charge in [-0.3, -0.25) is 0 Å². The molecule has 2 aromatic rings. The lowest BCUT2D eigenvalue weighted by Crippen LogP contribution is -2.41. The maximum absolute atomic E-state index is 12.2. The van der Waals surface area contributed by atoms with E-state index < -0.39 is 24.2 Å². The minimum Gasteiger partial charge on any atom is -0.480 e. The third-order valence-corrected chi connectivity index (χ3v) is 5.37. The molecule has 0 fully saturated rings. The van der Waals surface area contributed by atoms with Gasteiger partial charge in [0.1, 0.15) is 19.3 Å². The number of fused-ring (bicyclic) bond motifs is 3. The largest absolute Gasteiger partial charge is 0.480 e. The highest BCUT2D eigenvalue weighted by Gasteiger charge is 2.29. The second-order valence-electron chi connectivity index (χ2n) is 7.78. The van der Waals surface area contributed by atoms with Crippen molar-refractivity contribution in [3.63, 3.8) is 0 Å². The lowest BCUT2D eigenvalue weighted by molar-refractivity contribution is -0.139. The molecule has 3 rings (SSSR count). The van der Waals surface area contributed by atoms with E-state index in [0.29, 0.717) is 6.42 Å². The normalized spacial score (nSPS) is 12.3. The summed E-state index contributed by atoms with van der Waals surface area (Å²) in [6.45, 7) is 5.72. The van der Waals surface area contributed by atoms with Gasteiger partial charge in [0.25, 0.3) is 0 Å². The number of carbonyl (C=O) groups excluding carboxylic acids is 2. The average Bonchev–Trinajstić information content (AvgIpc) is 3.15. The van der Waals surface area contributed by atoms with Crippen LogP contribution in [0, 0.1) is 0 Å². The van der Waals surface area contributed by atoms with Gasteiger partial charge in [-0.25, -0.2) is 14.4 Å². The van der Waals surface area contributed by atoms with Crippen molar-refractivity contribution < 1.29 is 29.0 Å². The predicted molar refractivity (Wildman–Crippen MR) is 130 cm³/mol. The number of amides is 2. The number of ether oxygens (including phenoxy) is 2. The number of hydrogen-bond acceptors (Lipinski definition) is 5. The van der Waals surface area contributed by atoms with Crippen LogP contribution in [0.4, 0.5) is 9.59 Å². The molecule has 0 bridgehead atoms. The first-order chi connectivity index (χ1) is 16.4. The molecule has 0 unspecified atom stereocenters. The van der Waals surface area contributed by atoms with Crippen LogP contribution in [0.1, 0.15) is 49.7 Å². The van der Waals surface area contributed by atoms with E-state index in [1.807, 2.05) is 36.4 Å². The minimum atomic E-state index is -1.03. The van der Waals surface area contributed by atoms with Crippen molar-refractivity contribution in [3.8, 4) is 11.1 Å². The molecule has 0 heterocycles. The summed E-state index contributed by atoms with van der Waals surface area (Å²) in [5.41, 5.74) is 9.14. The summed E-state index contributed by atoms with van der Waals surface area (Å²) in [5.74, 6) is -1.06. The second kappa shape index (κ2) is 13.7. The zero-order valence-corrected chi connectivity index (χ0v) is 19.4. The van der Waals surface area contributed by atoms with Crippen molar-refractivity contribution in [2.75, 3.05) is 13.2 Å². The van der Waals surface area contributed by atoms with Crippen LogP contribution in [-0.2, 0) is 14.3 Å². The van der Waals surface area contributed by atoms with Crippen molar-refractivity contribution in [1.29, 1.82) is 0 Å². The summed E-state index contributed by atoms with van der Waals surface area (Å²) >= 11 is 0. The topological polar surface area (TPSA) is 128 Å². The van der Waals surface area contributed by atoms with Crippen LogP contribution in [0.25, 0.3) is 11.1 Å². The van der Waals surface area contributed by atoms with E-state index in [2.05, 4.69) is 41.4 Å². The minimum absolute atomic E-state index is 0.0356. The van der Waals surface area contributed by atoms with E-state index in [9.17, 15) is 19.5 Å². The zero-order chi connectivity index (χ0) is 24.9. The highest BCUT2D eigenvalue weighted by atomic mass is 16.6. The van der Waals surface area contributed by atoms with E-state index in [0.717, 1.165) is 41.5 Å². The number of nitrogens with one attached hydrogen (secondary N) is 1. The molecule has 182 valence electrons. The molecule has 0 aliphatic heterocycles. The maximum Gasteiger partial charge on any atom is 0.407 e. The third-order valence-electron chi connectivity index (χ3n) is 5.37. The summed E-state index contributed by atoms with van der Waals surface area (Å²) in [4.78, 5) is 33.2. The molecule has 0 radical (unpaired) electrons. The Morgan fingerprint density at radius 3 is 2.12 bits per heavy atom. The Morgan fingerprint density at radius 1 is 1.06 bits per heavy atom. The van der Waals surface area contributed by atoms with E-state index in [4.69, 9.17) is 4.74 Å². The van der Waals surface area contributed by atoms with Crippen LogP contribution in [0.2, 0.25) is 0 Å². The summed E-state index contributed by atoms with van der Waals surface area (Å²) in [5, 5.41) is 11.8. The van der Waals surface area contributed by atoms with Crippen molar-refractivity contribution in [1.82, 2.24) is 5.32 Å². The zero-order valence-electron chi connectivity index (χ0n) is 19.4. The Morgan fingerprint density at radius 2 is 1.65 bits per heavy atom. The van der Waals surface area contributed by atoms with Crippen molar-refractivity contribution in [2.24, 2.45) is 5.73 Å². The van der Waals surface area contributed by atoms with Gasteiger partial charge in [0.15, 0.2) is 0 Å². The fourth-order valence-corrected chi connectivity index (χ4v) is 3.78. The highest BCUT2D eigenvalue weighted by Crippen LogP contribution is 2.44. The molecule has 2 aromatic carbocycles. The van der Waals surface area contributed by atoms with Gasteiger partial charge in [0.2, 0.25) is 0 Å². The van der Waals surface area contributed by atoms with Crippen LogP contribution >= 0.6 is 0 Å². The number of nitrogens with two attached hydrogens (primary N) is 1. The quantitative estimate of drug-likeness (QED) is 0.339. The maximum atomic E-state index is 12.2. The molecule has 8 heteroatoms. The van der Waals surface area contributed by atoms with Crippen LogP contribution in [0.5, 0.6) is 0 Å². The molecule has 0 aromatic heterocycles. The summed E-state index contributed by atoms with van der Waals surface area (Å²) in [6, 6.07) is 15.3. The monoisotopic (exact) mass is 468 g/mol. The van der Waals surface area contributed by atoms with Gasteiger partial charge >= 0.3 is 18.2 Å². The lowest BCUT2D eigenvalue weighted by Gasteiger charge is -2.17. The first-order valence-electron chi connectivity index (χ1n) is 11.3. The number of hydrogen-bond donors (Lipinski definition) is 3. The van der Waals surface area contributed by atoms with Gasteiger partial charge < -0.3 is 25.6 Å². The fourth-order valence-electron chi connectivity index (χ4n) is 3.78. The van der Waals surface area contributed by atoms with Crippen molar-refractivity contribution in [2.45, 2.75) is 44.6 Å². The predicted octanol–water partition coefficient (Wildman–Crippen LogP) is 4.83. The Labute approximate surface area is 199 Å². The lowest BCUT2D eigenvalue weighted by atomic mass is 9.98. The molecule has 1 aliphatic rings. The number of rotatable bonds is 10. The molecule has 0 saturated carbocycles. The van der Waals surface area contributed by atoms with Gasteiger partial charge in [-0.2, -0.15) is 0 Å². The third kappa shape index (κ3) is 7.65.